The van der Waals surface area contributed by atoms with Gasteiger partial charge >= 0.3 is 11.9 Å². The Morgan fingerprint density at radius 3 is 2.20 bits per heavy atom. The van der Waals surface area contributed by atoms with Crippen LogP contribution in [0, 0.1) is 0 Å². The average Bonchev–Trinajstić information content (AvgIpc) is 2.45. The van der Waals surface area contributed by atoms with E-state index in [0.29, 0.717) is 0 Å². The Balaban J connectivity index is 2.36. The van der Waals surface area contributed by atoms with Gasteiger partial charge in [-0.05, 0) is 30.9 Å². The highest BCUT2D eigenvalue weighted by Gasteiger charge is 2.09. The molecule has 0 spiro atoms. The Labute approximate surface area is 120 Å². The molecular weight excluding hydrogens is 256 g/mol. The Hall–Kier alpha value is -1.84. The number of hydrogen-bond donors (Lipinski definition) is 0. The maximum Gasteiger partial charge on any atom is 0.344 e. The second-order valence-corrected chi connectivity index (χ2v) is 4.56. The molecule has 0 amide bonds. The van der Waals surface area contributed by atoms with E-state index in [4.69, 9.17) is 4.74 Å². The lowest BCUT2D eigenvalue weighted by Crippen LogP contribution is -2.17. The van der Waals surface area contributed by atoms with Gasteiger partial charge in [-0.15, -0.1) is 0 Å². The number of rotatable bonds is 8. The molecule has 0 radical (unpaired) electrons. The summed E-state index contributed by atoms with van der Waals surface area (Å²) >= 11 is 0. The SMILES string of the molecule is CCCCc1ccc(CC(=O)OCC(=O)OCC)cc1. The van der Waals surface area contributed by atoms with E-state index in [-0.39, 0.29) is 19.6 Å². The molecule has 0 saturated carbocycles. The Kier molecular flexibility index (Phi) is 7.40. The van der Waals surface area contributed by atoms with Crippen molar-refractivity contribution in [1.29, 1.82) is 0 Å². The summed E-state index contributed by atoms with van der Waals surface area (Å²) in [5.74, 6) is -0.935. The summed E-state index contributed by atoms with van der Waals surface area (Å²) in [6.07, 6.45) is 3.57. The molecule has 20 heavy (non-hydrogen) atoms. The summed E-state index contributed by atoms with van der Waals surface area (Å²) in [7, 11) is 0. The highest BCUT2D eigenvalue weighted by Crippen LogP contribution is 2.09. The number of carbonyl (C=O) groups excluding carboxylic acids is 2. The van der Waals surface area contributed by atoms with Crippen molar-refractivity contribution in [2.75, 3.05) is 13.2 Å². The van der Waals surface area contributed by atoms with E-state index in [1.54, 1.807) is 6.92 Å². The van der Waals surface area contributed by atoms with Gasteiger partial charge in [0, 0.05) is 0 Å². The predicted molar refractivity (Wildman–Crippen MR) is 76.4 cm³/mol. The number of carbonyl (C=O) groups is 2. The van der Waals surface area contributed by atoms with Gasteiger partial charge in [-0.2, -0.15) is 0 Å². The minimum absolute atomic E-state index is 0.174. The third-order valence-electron chi connectivity index (χ3n) is 2.85. The van der Waals surface area contributed by atoms with Crippen molar-refractivity contribution >= 4 is 11.9 Å². The highest BCUT2D eigenvalue weighted by molar-refractivity contribution is 5.77. The molecular formula is C16H22O4. The van der Waals surface area contributed by atoms with Crippen LogP contribution in [0.5, 0.6) is 0 Å². The summed E-state index contributed by atoms with van der Waals surface area (Å²) in [6, 6.07) is 7.92. The van der Waals surface area contributed by atoms with Crippen LogP contribution in [-0.4, -0.2) is 25.2 Å². The molecule has 0 unspecified atom stereocenters. The summed E-state index contributed by atoms with van der Waals surface area (Å²) in [4.78, 5) is 22.6. The van der Waals surface area contributed by atoms with Crippen molar-refractivity contribution in [3.05, 3.63) is 35.4 Å². The molecule has 0 fully saturated rings. The lowest BCUT2D eigenvalue weighted by Gasteiger charge is -2.05. The summed E-state index contributed by atoms with van der Waals surface area (Å²) in [5.41, 5.74) is 2.16. The first-order valence-corrected chi connectivity index (χ1v) is 7.04. The number of hydrogen-bond acceptors (Lipinski definition) is 4. The van der Waals surface area contributed by atoms with Gasteiger partial charge in [-0.1, -0.05) is 37.6 Å². The van der Waals surface area contributed by atoms with E-state index >= 15 is 0 Å². The molecule has 110 valence electrons. The van der Waals surface area contributed by atoms with Crippen LogP contribution in [0.2, 0.25) is 0 Å². The van der Waals surface area contributed by atoms with E-state index < -0.39 is 11.9 Å². The average molecular weight is 278 g/mol. The first kappa shape index (κ1) is 16.2. The first-order valence-electron chi connectivity index (χ1n) is 7.04. The largest absolute Gasteiger partial charge is 0.463 e. The first-order chi connectivity index (χ1) is 9.65. The van der Waals surface area contributed by atoms with Crippen molar-refractivity contribution in [2.45, 2.75) is 39.5 Å². The van der Waals surface area contributed by atoms with Crippen LogP contribution in [0.4, 0.5) is 0 Å². The maximum absolute atomic E-state index is 11.5. The molecule has 0 heterocycles. The lowest BCUT2D eigenvalue weighted by molar-refractivity contribution is -0.158. The fraction of sp³-hybridized carbons (Fsp3) is 0.500. The number of benzene rings is 1. The zero-order valence-electron chi connectivity index (χ0n) is 12.2. The van der Waals surface area contributed by atoms with E-state index in [0.717, 1.165) is 12.0 Å². The summed E-state index contributed by atoms with van der Waals surface area (Å²) in [5, 5.41) is 0. The topological polar surface area (TPSA) is 52.6 Å². The summed E-state index contributed by atoms with van der Waals surface area (Å²) in [6.45, 7) is 3.84. The van der Waals surface area contributed by atoms with E-state index in [1.807, 2.05) is 24.3 Å². The lowest BCUT2D eigenvalue weighted by atomic mass is 10.1. The second-order valence-electron chi connectivity index (χ2n) is 4.56. The molecule has 0 N–H and O–H groups in total. The number of esters is 2. The predicted octanol–water partition coefficient (Wildman–Crippen LogP) is 2.68. The Bertz CT molecular complexity index is 423. The smallest absolute Gasteiger partial charge is 0.344 e. The maximum atomic E-state index is 11.5. The molecule has 0 aliphatic heterocycles. The summed E-state index contributed by atoms with van der Waals surface area (Å²) < 4.78 is 9.52. The van der Waals surface area contributed by atoms with E-state index in [1.165, 1.54) is 18.4 Å². The van der Waals surface area contributed by atoms with Crippen molar-refractivity contribution < 1.29 is 19.1 Å². The molecule has 4 nitrogen and oxygen atoms in total. The van der Waals surface area contributed by atoms with Gasteiger partial charge in [0.1, 0.15) is 0 Å². The van der Waals surface area contributed by atoms with Gasteiger partial charge in [0.2, 0.25) is 0 Å². The van der Waals surface area contributed by atoms with E-state index in [2.05, 4.69) is 11.7 Å². The Morgan fingerprint density at radius 2 is 1.60 bits per heavy atom. The standard InChI is InChI=1S/C16H22O4/c1-3-5-6-13-7-9-14(10-8-13)11-15(17)20-12-16(18)19-4-2/h7-10H,3-6,11-12H2,1-2H3. The van der Waals surface area contributed by atoms with Crippen LogP contribution in [0.15, 0.2) is 24.3 Å². The van der Waals surface area contributed by atoms with Crippen LogP contribution >= 0.6 is 0 Å². The van der Waals surface area contributed by atoms with Gasteiger partial charge in [-0.25, -0.2) is 4.79 Å². The molecule has 1 aromatic rings. The Morgan fingerprint density at radius 1 is 0.950 bits per heavy atom. The zero-order chi connectivity index (χ0) is 14.8. The van der Waals surface area contributed by atoms with Gasteiger partial charge in [0.15, 0.2) is 6.61 Å². The van der Waals surface area contributed by atoms with Crippen LogP contribution in [-0.2, 0) is 31.9 Å². The fourth-order valence-corrected chi connectivity index (χ4v) is 1.76. The normalized spacial score (nSPS) is 10.1. The minimum Gasteiger partial charge on any atom is -0.463 e. The molecule has 0 saturated heterocycles. The van der Waals surface area contributed by atoms with Crippen LogP contribution in [0.1, 0.15) is 37.8 Å². The molecule has 0 bridgehead atoms. The van der Waals surface area contributed by atoms with Crippen LogP contribution in [0.3, 0.4) is 0 Å². The van der Waals surface area contributed by atoms with Gasteiger partial charge in [-0.3, -0.25) is 4.79 Å². The van der Waals surface area contributed by atoms with Crippen LogP contribution in [0.25, 0.3) is 0 Å². The number of ether oxygens (including phenoxy) is 2. The van der Waals surface area contributed by atoms with Crippen molar-refractivity contribution in [2.24, 2.45) is 0 Å². The fourth-order valence-electron chi connectivity index (χ4n) is 1.76. The van der Waals surface area contributed by atoms with Crippen molar-refractivity contribution in [3.8, 4) is 0 Å². The second kappa shape index (κ2) is 9.13. The third kappa shape index (κ3) is 6.36. The molecule has 1 rings (SSSR count). The number of unbranched alkanes of at least 4 members (excludes halogenated alkanes) is 1. The van der Waals surface area contributed by atoms with Gasteiger partial charge in [0.05, 0.1) is 13.0 Å². The minimum atomic E-state index is -0.518. The molecule has 0 aromatic heterocycles. The molecule has 0 aliphatic carbocycles. The third-order valence-corrected chi connectivity index (χ3v) is 2.85. The van der Waals surface area contributed by atoms with Gasteiger partial charge < -0.3 is 9.47 Å². The molecule has 0 aliphatic rings. The van der Waals surface area contributed by atoms with Gasteiger partial charge in [0.25, 0.3) is 0 Å². The number of aryl methyl sites for hydroxylation is 1. The van der Waals surface area contributed by atoms with Crippen molar-refractivity contribution in [3.63, 3.8) is 0 Å². The molecule has 1 aromatic carbocycles. The molecule has 0 atom stereocenters. The van der Waals surface area contributed by atoms with Crippen molar-refractivity contribution in [1.82, 2.24) is 0 Å². The molecule has 4 heteroatoms. The zero-order valence-corrected chi connectivity index (χ0v) is 12.2. The quantitative estimate of drug-likeness (QED) is 0.686. The van der Waals surface area contributed by atoms with E-state index in [9.17, 15) is 9.59 Å². The van der Waals surface area contributed by atoms with Crippen LogP contribution < -0.4 is 0 Å². The monoisotopic (exact) mass is 278 g/mol. The highest BCUT2D eigenvalue weighted by atomic mass is 16.6.